The van der Waals surface area contributed by atoms with Crippen molar-refractivity contribution < 1.29 is 19.1 Å². The Balaban J connectivity index is 1.15. The van der Waals surface area contributed by atoms with E-state index in [9.17, 15) is 5.26 Å². The molecule has 5 aromatic rings. The van der Waals surface area contributed by atoms with Crippen LogP contribution in [0.4, 0.5) is 28.4 Å². The fourth-order valence-corrected chi connectivity index (χ4v) is 5.54. The van der Waals surface area contributed by atoms with Gasteiger partial charge in [-0.15, -0.1) is 0 Å². The lowest BCUT2D eigenvalue weighted by Crippen LogP contribution is -2.19. The number of anilines is 4. The van der Waals surface area contributed by atoms with Crippen molar-refractivity contribution in [3.8, 4) is 29.1 Å². The number of rotatable bonds is 6. The molecule has 0 bridgehead atoms. The summed E-state index contributed by atoms with van der Waals surface area (Å²) in [4.78, 5) is 15.0. The van der Waals surface area contributed by atoms with Gasteiger partial charge in [0.2, 0.25) is 0 Å². The fourth-order valence-electron chi connectivity index (χ4n) is 5.54. The lowest BCUT2D eigenvalue weighted by Gasteiger charge is -2.30. The average Bonchev–Trinajstić information content (AvgIpc) is 3.10. The first kappa shape index (κ1) is 28.5. The molecule has 222 valence electrons. The third-order valence-electron chi connectivity index (χ3n) is 7.73. The number of hydrogen-bond donors (Lipinski definition) is 0. The summed E-state index contributed by atoms with van der Waals surface area (Å²) in [6.45, 7) is 7.84. The highest BCUT2D eigenvalue weighted by molar-refractivity contribution is 5.85. The van der Waals surface area contributed by atoms with E-state index in [0.717, 1.165) is 33.9 Å². The lowest BCUT2D eigenvalue weighted by atomic mass is 10.0. The topological polar surface area (TPSA) is 71.5 Å². The van der Waals surface area contributed by atoms with Crippen LogP contribution in [-0.4, -0.2) is 14.2 Å². The van der Waals surface area contributed by atoms with Crippen molar-refractivity contribution in [3.05, 3.63) is 136 Å². The largest absolute Gasteiger partial charge is 0.453 e. The Bertz CT molecular complexity index is 1990. The third kappa shape index (κ3) is 5.10. The predicted molar refractivity (Wildman–Crippen MR) is 179 cm³/mol. The Hall–Kier alpha value is -6.32. The first-order chi connectivity index (χ1) is 22.6. The van der Waals surface area contributed by atoms with Crippen molar-refractivity contribution in [1.82, 2.24) is 0 Å². The zero-order valence-electron chi connectivity index (χ0n) is 25.0. The number of para-hydroxylation sites is 4. The molecule has 46 heavy (non-hydrogen) atoms. The molecule has 2 aliphatic heterocycles. The monoisotopic (exact) mass is 602 g/mol. The van der Waals surface area contributed by atoms with E-state index < -0.39 is 0 Å². The van der Waals surface area contributed by atoms with Crippen molar-refractivity contribution in [2.45, 2.75) is 0 Å². The Morgan fingerprint density at radius 1 is 0.630 bits per heavy atom. The van der Waals surface area contributed by atoms with Gasteiger partial charge >= 0.3 is 0 Å². The van der Waals surface area contributed by atoms with Crippen molar-refractivity contribution in [3.63, 3.8) is 0 Å². The van der Waals surface area contributed by atoms with Crippen molar-refractivity contribution in [1.29, 1.82) is 5.26 Å². The minimum Gasteiger partial charge on any atom is -0.453 e. The van der Waals surface area contributed by atoms with Crippen LogP contribution in [0.5, 0.6) is 23.0 Å². The number of fused-ring (bicyclic) bond motifs is 4. The summed E-state index contributed by atoms with van der Waals surface area (Å²) in [7, 11) is 3.24. The van der Waals surface area contributed by atoms with Crippen LogP contribution >= 0.6 is 0 Å². The zero-order valence-corrected chi connectivity index (χ0v) is 25.0. The van der Waals surface area contributed by atoms with Crippen LogP contribution in [0.25, 0.3) is 29.1 Å². The molecule has 8 heteroatoms. The standard InChI is InChI=1S/C38H26N4O4/c1-40-30-23-27(16-12-25-14-18-33-37(20-25)45-35-10-6-4-8-31(35)41(33)43-2)29(24-39)22-28(30)17-13-26-15-19-34-38(21-26)46-36-11-7-5-9-32(36)42(34)44-3/h4-23H,2-3H3. The molecular formula is C38H26N4O4. The molecule has 0 fully saturated rings. The number of nitrogens with zero attached hydrogens (tertiary/aromatic N) is 4. The van der Waals surface area contributed by atoms with Crippen LogP contribution in [0.1, 0.15) is 27.8 Å². The molecule has 0 N–H and O–H groups in total. The summed E-state index contributed by atoms with van der Waals surface area (Å²) in [5.74, 6) is 2.69. The van der Waals surface area contributed by atoms with Gasteiger partial charge in [-0.1, -0.05) is 60.7 Å². The Morgan fingerprint density at radius 3 is 1.63 bits per heavy atom. The Labute approximate surface area is 266 Å². The second kappa shape index (κ2) is 12.0. The molecule has 7 rings (SSSR count). The number of hydrogen-bond acceptors (Lipinski definition) is 7. The summed E-state index contributed by atoms with van der Waals surface area (Å²) in [5, 5.41) is 13.5. The van der Waals surface area contributed by atoms with Crippen molar-refractivity contribution in [2.75, 3.05) is 24.3 Å². The molecule has 0 unspecified atom stereocenters. The molecular weight excluding hydrogens is 576 g/mol. The first-order valence-corrected chi connectivity index (χ1v) is 14.4. The van der Waals surface area contributed by atoms with Crippen LogP contribution in [0.2, 0.25) is 0 Å². The molecule has 8 nitrogen and oxygen atoms in total. The van der Waals surface area contributed by atoms with Gasteiger partial charge in [-0.2, -0.15) is 5.26 Å². The lowest BCUT2D eigenvalue weighted by molar-refractivity contribution is 0.194. The van der Waals surface area contributed by atoms with E-state index in [0.29, 0.717) is 45.4 Å². The molecule has 0 radical (unpaired) electrons. The molecule has 0 atom stereocenters. The van der Waals surface area contributed by atoms with Gasteiger partial charge in [0.25, 0.3) is 0 Å². The van der Waals surface area contributed by atoms with Crippen LogP contribution in [-0.2, 0) is 9.68 Å². The van der Waals surface area contributed by atoms with Gasteiger partial charge in [-0.05, 0) is 82.9 Å². The van der Waals surface area contributed by atoms with Crippen LogP contribution in [0.3, 0.4) is 0 Å². The molecule has 2 heterocycles. The van der Waals surface area contributed by atoms with E-state index >= 15 is 0 Å². The van der Waals surface area contributed by atoms with Crippen molar-refractivity contribution in [2.24, 2.45) is 0 Å². The highest BCUT2D eigenvalue weighted by atomic mass is 16.7. The second-order valence-electron chi connectivity index (χ2n) is 10.4. The van der Waals surface area contributed by atoms with Gasteiger partial charge in [0.15, 0.2) is 28.7 Å². The Morgan fingerprint density at radius 2 is 1.13 bits per heavy atom. The summed E-state index contributed by atoms with van der Waals surface area (Å²) in [6, 6.07) is 32.7. The second-order valence-corrected chi connectivity index (χ2v) is 10.4. The van der Waals surface area contributed by atoms with E-state index in [1.807, 2.05) is 109 Å². The quantitative estimate of drug-likeness (QED) is 0.141. The van der Waals surface area contributed by atoms with E-state index in [2.05, 4.69) is 10.9 Å². The Kier molecular flexibility index (Phi) is 7.42. The number of ether oxygens (including phenoxy) is 2. The van der Waals surface area contributed by atoms with E-state index in [1.165, 1.54) is 0 Å². The molecule has 0 saturated carbocycles. The van der Waals surface area contributed by atoms with Gasteiger partial charge in [0, 0.05) is 0 Å². The third-order valence-corrected chi connectivity index (χ3v) is 7.73. The molecule has 0 aliphatic carbocycles. The van der Waals surface area contributed by atoms with Gasteiger partial charge in [0.1, 0.15) is 22.7 Å². The number of benzene rings is 5. The first-order valence-electron chi connectivity index (χ1n) is 14.4. The molecule has 0 aromatic heterocycles. The highest BCUT2D eigenvalue weighted by Crippen LogP contribution is 2.48. The maximum absolute atomic E-state index is 10.00. The molecule has 0 amide bonds. The molecule has 0 saturated heterocycles. The summed E-state index contributed by atoms with van der Waals surface area (Å²) >= 11 is 0. The van der Waals surface area contributed by atoms with Crippen molar-refractivity contribution >= 4 is 52.7 Å². The average molecular weight is 603 g/mol. The minimum atomic E-state index is 0.435. The van der Waals surface area contributed by atoms with Crippen LogP contribution in [0.15, 0.2) is 97.1 Å². The van der Waals surface area contributed by atoms with E-state index in [4.69, 9.17) is 25.7 Å². The van der Waals surface area contributed by atoms with Gasteiger partial charge in [-0.25, -0.2) is 15.0 Å². The van der Waals surface area contributed by atoms with Gasteiger partial charge < -0.3 is 9.47 Å². The molecule has 5 aromatic carbocycles. The van der Waals surface area contributed by atoms with Crippen LogP contribution < -0.4 is 19.6 Å². The van der Waals surface area contributed by atoms with Crippen LogP contribution in [0, 0.1) is 17.9 Å². The van der Waals surface area contributed by atoms with E-state index in [-0.39, 0.29) is 0 Å². The summed E-state index contributed by atoms with van der Waals surface area (Å²) in [5.41, 5.74) is 7.15. The maximum atomic E-state index is 10.00. The maximum Gasteiger partial charge on any atom is 0.194 e. The molecule has 2 aliphatic rings. The highest BCUT2D eigenvalue weighted by Gasteiger charge is 2.25. The smallest absolute Gasteiger partial charge is 0.194 e. The zero-order chi connectivity index (χ0) is 31.6. The van der Waals surface area contributed by atoms with Gasteiger partial charge in [-0.3, -0.25) is 9.68 Å². The molecule has 0 spiro atoms. The minimum absolute atomic E-state index is 0.435. The van der Waals surface area contributed by atoms with Gasteiger partial charge in [0.05, 0.1) is 32.4 Å². The fraction of sp³-hybridized carbons (Fsp3) is 0.0526. The predicted octanol–water partition coefficient (Wildman–Crippen LogP) is 10.1. The number of nitriles is 1. The normalized spacial score (nSPS) is 12.8. The summed E-state index contributed by atoms with van der Waals surface area (Å²) < 4.78 is 12.3. The SMILES string of the molecule is [C-]#[N+]c1cc(C=Cc2ccc3c(c2)Oc2ccccc2N3OC)c(C#N)cc1C=Cc1ccc2c(c1)Oc1ccccc1N2OC. The van der Waals surface area contributed by atoms with E-state index in [1.54, 1.807) is 36.5 Å². The summed E-state index contributed by atoms with van der Waals surface area (Å²) in [6.07, 6.45) is 7.48.